The average molecular weight is 285 g/mol. The lowest BCUT2D eigenvalue weighted by Gasteiger charge is -2.13. The zero-order valence-corrected chi connectivity index (χ0v) is 11.6. The maximum absolute atomic E-state index is 12.5. The highest BCUT2D eigenvalue weighted by Crippen LogP contribution is 2.26. The van der Waals surface area contributed by atoms with Crippen molar-refractivity contribution in [3.8, 4) is 11.8 Å². The number of aromatic nitrogens is 1. The van der Waals surface area contributed by atoms with Gasteiger partial charge in [-0.2, -0.15) is 5.26 Å². The topological polar surface area (TPSA) is 95.1 Å². The first kappa shape index (κ1) is 14.6. The van der Waals surface area contributed by atoms with E-state index in [2.05, 4.69) is 5.32 Å². The molecule has 0 saturated heterocycles. The van der Waals surface area contributed by atoms with Crippen molar-refractivity contribution in [2.45, 2.75) is 19.9 Å². The minimum atomic E-state index is -0.614. The van der Waals surface area contributed by atoms with Crippen LogP contribution in [0.2, 0.25) is 0 Å². The van der Waals surface area contributed by atoms with E-state index in [1.165, 1.54) is 4.57 Å². The van der Waals surface area contributed by atoms with Gasteiger partial charge in [-0.05, 0) is 19.1 Å². The molecule has 0 aliphatic heterocycles. The van der Waals surface area contributed by atoms with Crippen LogP contribution in [0, 0.1) is 11.3 Å². The molecule has 1 aromatic carbocycles. The minimum absolute atomic E-state index is 0.142. The molecule has 0 unspecified atom stereocenters. The molecule has 2 rings (SSSR count). The summed E-state index contributed by atoms with van der Waals surface area (Å²) in [6.45, 7) is 2.25. The van der Waals surface area contributed by atoms with Gasteiger partial charge < -0.3 is 15.0 Å². The molecule has 0 atom stereocenters. The van der Waals surface area contributed by atoms with Gasteiger partial charge in [-0.25, -0.2) is 0 Å². The lowest BCUT2D eigenvalue weighted by molar-refractivity contribution is 0.0951. The Hall–Kier alpha value is -2.81. The first-order chi connectivity index (χ1) is 10.1. The summed E-state index contributed by atoms with van der Waals surface area (Å²) in [6, 6.07) is 8.73. The van der Waals surface area contributed by atoms with Gasteiger partial charge in [-0.1, -0.05) is 12.1 Å². The van der Waals surface area contributed by atoms with Gasteiger partial charge in [0.25, 0.3) is 11.5 Å². The Labute approximate surface area is 121 Å². The lowest BCUT2D eigenvalue weighted by Crippen LogP contribution is -2.33. The number of rotatable bonds is 4. The van der Waals surface area contributed by atoms with Crippen LogP contribution < -0.4 is 10.9 Å². The predicted molar refractivity (Wildman–Crippen MR) is 78.1 cm³/mol. The number of nitrogens with one attached hydrogen (secondary N) is 1. The van der Waals surface area contributed by atoms with Gasteiger partial charge in [0.15, 0.2) is 0 Å². The summed E-state index contributed by atoms with van der Waals surface area (Å²) in [5, 5.41) is 21.9. The summed E-state index contributed by atoms with van der Waals surface area (Å²) in [7, 11) is 0. The number of benzene rings is 1. The molecule has 1 heterocycles. The first-order valence-corrected chi connectivity index (χ1v) is 6.61. The highest BCUT2D eigenvalue weighted by molar-refractivity contribution is 6.02. The molecule has 21 heavy (non-hydrogen) atoms. The summed E-state index contributed by atoms with van der Waals surface area (Å²) >= 11 is 0. The van der Waals surface area contributed by atoms with Crippen molar-refractivity contribution >= 4 is 16.8 Å². The Balaban J connectivity index is 2.78. The van der Waals surface area contributed by atoms with Gasteiger partial charge in [0.2, 0.25) is 0 Å². The number of aromatic hydroxyl groups is 1. The molecule has 0 radical (unpaired) electrons. The molecule has 0 saturated carbocycles. The minimum Gasteiger partial charge on any atom is -0.506 e. The fourth-order valence-electron chi connectivity index (χ4n) is 2.23. The summed E-state index contributed by atoms with van der Waals surface area (Å²) in [5.41, 5.74) is -0.371. The Kier molecular flexibility index (Phi) is 4.24. The van der Waals surface area contributed by atoms with Gasteiger partial charge in [0.1, 0.15) is 11.3 Å². The molecule has 0 fully saturated rings. The molecule has 0 spiro atoms. The second-order valence-electron chi connectivity index (χ2n) is 4.47. The van der Waals surface area contributed by atoms with Crippen LogP contribution in [-0.4, -0.2) is 22.1 Å². The van der Waals surface area contributed by atoms with Crippen molar-refractivity contribution in [3.63, 3.8) is 0 Å². The Bertz CT molecular complexity index is 787. The third-order valence-corrected chi connectivity index (χ3v) is 3.16. The van der Waals surface area contributed by atoms with Crippen molar-refractivity contribution in [3.05, 3.63) is 40.2 Å². The van der Waals surface area contributed by atoms with Crippen LogP contribution in [0.25, 0.3) is 10.9 Å². The van der Waals surface area contributed by atoms with Crippen LogP contribution in [0.15, 0.2) is 29.1 Å². The highest BCUT2D eigenvalue weighted by atomic mass is 16.3. The van der Waals surface area contributed by atoms with Crippen LogP contribution in [0.1, 0.15) is 23.7 Å². The summed E-state index contributed by atoms with van der Waals surface area (Å²) in [5.74, 6) is -0.939. The Morgan fingerprint density at radius 3 is 2.81 bits per heavy atom. The molecular weight excluding hydrogens is 270 g/mol. The standard InChI is InChI=1S/C15H15N3O3/c1-2-17-14(20)12-13(19)10-6-3-4-7-11(10)18(15(12)21)9-5-8-16/h3-4,6-7,19H,2,5,9H2,1H3,(H,17,20). The van der Waals surface area contributed by atoms with E-state index < -0.39 is 11.5 Å². The number of nitrogens with zero attached hydrogens (tertiary/aromatic N) is 2. The number of pyridine rings is 1. The van der Waals surface area contributed by atoms with Gasteiger partial charge in [-0.3, -0.25) is 9.59 Å². The molecule has 2 N–H and O–H groups in total. The quantitative estimate of drug-likeness (QED) is 0.887. The van der Waals surface area contributed by atoms with Crippen LogP contribution in [0.3, 0.4) is 0 Å². The highest BCUT2D eigenvalue weighted by Gasteiger charge is 2.21. The third kappa shape index (κ3) is 2.58. The van der Waals surface area contributed by atoms with E-state index in [-0.39, 0.29) is 24.3 Å². The summed E-state index contributed by atoms with van der Waals surface area (Å²) < 4.78 is 1.35. The normalized spacial score (nSPS) is 10.3. The SMILES string of the molecule is CCNC(=O)c1c(O)c2ccccc2n(CCC#N)c1=O. The van der Waals surface area contributed by atoms with Crippen LogP contribution in [0.5, 0.6) is 5.75 Å². The maximum atomic E-state index is 12.5. The number of para-hydroxylation sites is 1. The van der Waals surface area contributed by atoms with E-state index >= 15 is 0 Å². The number of fused-ring (bicyclic) bond motifs is 1. The molecule has 6 heteroatoms. The zero-order valence-electron chi connectivity index (χ0n) is 11.6. The van der Waals surface area contributed by atoms with E-state index in [0.29, 0.717) is 17.4 Å². The molecule has 2 aromatic rings. The average Bonchev–Trinajstić information content (AvgIpc) is 2.47. The van der Waals surface area contributed by atoms with Crippen molar-refractivity contribution in [2.24, 2.45) is 0 Å². The number of carbonyl (C=O) groups excluding carboxylic acids is 1. The van der Waals surface area contributed by atoms with Crippen molar-refractivity contribution in [1.29, 1.82) is 5.26 Å². The molecule has 1 aromatic heterocycles. The van der Waals surface area contributed by atoms with Crippen molar-refractivity contribution in [1.82, 2.24) is 9.88 Å². The molecule has 108 valence electrons. The number of hydrogen-bond acceptors (Lipinski definition) is 4. The van der Waals surface area contributed by atoms with Crippen molar-refractivity contribution < 1.29 is 9.90 Å². The lowest BCUT2D eigenvalue weighted by atomic mass is 10.1. The second kappa shape index (κ2) is 6.09. The molecule has 6 nitrogen and oxygen atoms in total. The molecular formula is C15H15N3O3. The predicted octanol–water partition coefficient (Wildman–Crippen LogP) is 1.37. The van der Waals surface area contributed by atoms with Gasteiger partial charge in [0.05, 0.1) is 18.0 Å². The van der Waals surface area contributed by atoms with Crippen LogP contribution >= 0.6 is 0 Å². The number of amides is 1. The third-order valence-electron chi connectivity index (χ3n) is 3.16. The Morgan fingerprint density at radius 1 is 1.43 bits per heavy atom. The first-order valence-electron chi connectivity index (χ1n) is 6.61. The molecule has 1 amide bonds. The van der Waals surface area contributed by atoms with E-state index in [1.54, 1.807) is 31.2 Å². The summed E-state index contributed by atoms with van der Waals surface area (Å²) in [6.07, 6.45) is 0.142. The largest absolute Gasteiger partial charge is 0.506 e. The number of nitriles is 1. The molecule has 0 aliphatic carbocycles. The molecule has 0 bridgehead atoms. The summed E-state index contributed by atoms with van der Waals surface area (Å²) in [4.78, 5) is 24.5. The monoisotopic (exact) mass is 285 g/mol. The van der Waals surface area contributed by atoms with E-state index in [9.17, 15) is 14.7 Å². The van der Waals surface area contributed by atoms with Crippen LogP contribution in [-0.2, 0) is 6.54 Å². The van der Waals surface area contributed by atoms with Gasteiger partial charge in [0, 0.05) is 18.5 Å². The van der Waals surface area contributed by atoms with E-state index in [4.69, 9.17) is 5.26 Å². The van der Waals surface area contributed by atoms with E-state index in [1.807, 2.05) is 6.07 Å². The van der Waals surface area contributed by atoms with Crippen molar-refractivity contribution in [2.75, 3.05) is 6.54 Å². The molecule has 0 aliphatic rings. The Morgan fingerprint density at radius 2 is 2.14 bits per heavy atom. The number of aryl methyl sites for hydroxylation is 1. The van der Waals surface area contributed by atoms with E-state index in [0.717, 1.165) is 0 Å². The smallest absolute Gasteiger partial charge is 0.267 e. The fourth-order valence-corrected chi connectivity index (χ4v) is 2.23. The number of carbonyl (C=O) groups is 1. The second-order valence-corrected chi connectivity index (χ2v) is 4.47. The fraction of sp³-hybridized carbons (Fsp3) is 0.267. The zero-order chi connectivity index (χ0) is 15.4. The van der Waals surface area contributed by atoms with Crippen LogP contribution in [0.4, 0.5) is 0 Å². The number of hydrogen-bond donors (Lipinski definition) is 2. The van der Waals surface area contributed by atoms with Gasteiger partial charge in [-0.15, -0.1) is 0 Å². The van der Waals surface area contributed by atoms with Gasteiger partial charge >= 0.3 is 0 Å². The maximum Gasteiger partial charge on any atom is 0.267 e.